The minimum absolute atomic E-state index is 0.00420. The van der Waals surface area contributed by atoms with Crippen LogP contribution in [-0.4, -0.2) is 16.9 Å². The van der Waals surface area contributed by atoms with Gasteiger partial charge in [-0.05, 0) is 36.4 Å². The van der Waals surface area contributed by atoms with E-state index in [9.17, 15) is 14.0 Å². The fraction of sp³-hybridized carbons (Fsp3) is 0. The van der Waals surface area contributed by atoms with E-state index < -0.39 is 17.8 Å². The zero-order valence-corrected chi connectivity index (χ0v) is 14.0. The van der Waals surface area contributed by atoms with E-state index in [2.05, 4.69) is 21.2 Å². The van der Waals surface area contributed by atoms with Crippen molar-refractivity contribution in [2.75, 3.05) is 5.32 Å². The molecule has 27 heavy (non-hydrogen) atoms. The quantitative estimate of drug-likeness (QED) is 0.617. The first-order chi connectivity index (χ1) is 13.1. The molecule has 3 N–H and O–H groups in total. The number of hydrazine groups is 1. The number of pyridine rings is 1. The molecule has 0 saturated carbocycles. The first kappa shape index (κ1) is 17.9. The number of hydrogen-bond acceptors (Lipinski definition) is 4. The molecule has 8 heteroatoms. The molecule has 0 fully saturated rings. The maximum atomic E-state index is 14.1. The summed E-state index contributed by atoms with van der Waals surface area (Å²) in [5, 5.41) is 2.41. The molecule has 0 saturated heterocycles. The van der Waals surface area contributed by atoms with E-state index in [1.807, 2.05) is 0 Å². The molecule has 1 heterocycles. The predicted molar refractivity (Wildman–Crippen MR) is 96.8 cm³/mol. The van der Waals surface area contributed by atoms with Crippen molar-refractivity contribution in [1.29, 1.82) is 0 Å². The highest BCUT2D eigenvalue weighted by molar-refractivity contribution is 5.97. The number of amides is 3. The minimum atomic E-state index is -0.721. The van der Waals surface area contributed by atoms with E-state index in [4.69, 9.17) is 4.74 Å². The Morgan fingerprint density at radius 2 is 1.67 bits per heavy atom. The number of benzene rings is 2. The fourth-order valence-electron chi connectivity index (χ4n) is 2.13. The molecule has 0 radical (unpaired) electrons. The number of rotatable bonds is 4. The van der Waals surface area contributed by atoms with Crippen molar-refractivity contribution in [3.05, 3.63) is 84.4 Å². The second-order valence-electron chi connectivity index (χ2n) is 5.33. The summed E-state index contributed by atoms with van der Waals surface area (Å²) in [6, 6.07) is 14.8. The summed E-state index contributed by atoms with van der Waals surface area (Å²) in [5.41, 5.74) is 5.03. The number of hydrogen-bond donors (Lipinski definition) is 3. The van der Waals surface area contributed by atoms with Crippen LogP contribution in [-0.2, 0) is 0 Å². The van der Waals surface area contributed by atoms with Crippen molar-refractivity contribution in [2.24, 2.45) is 0 Å². The van der Waals surface area contributed by atoms with Crippen molar-refractivity contribution in [1.82, 2.24) is 15.8 Å². The number of urea groups is 1. The van der Waals surface area contributed by atoms with E-state index in [0.717, 1.165) is 6.07 Å². The Morgan fingerprint density at radius 1 is 0.926 bits per heavy atom. The second-order valence-corrected chi connectivity index (χ2v) is 5.33. The Labute approximate surface area is 154 Å². The number of nitrogens with one attached hydrogen (secondary N) is 3. The topological polar surface area (TPSA) is 92.4 Å². The van der Waals surface area contributed by atoms with Crippen LogP contribution in [0.25, 0.3) is 0 Å². The maximum Gasteiger partial charge on any atom is 0.337 e. The Morgan fingerprint density at radius 3 is 2.37 bits per heavy atom. The molecule has 0 atom stereocenters. The number of halogens is 1. The van der Waals surface area contributed by atoms with Gasteiger partial charge in [0.1, 0.15) is 5.75 Å². The van der Waals surface area contributed by atoms with Gasteiger partial charge < -0.3 is 10.1 Å². The van der Waals surface area contributed by atoms with Crippen molar-refractivity contribution in [3.63, 3.8) is 0 Å². The van der Waals surface area contributed by atoms with E-state index in [1.54, 1.807) is 42.5 Å². The highest BCUT2D eigenvalue weighted by atomic mass is 19.1. The number of ether oxygens (including phenoxy) is 1. The van der Waals surface area contributed by atoms with E-state index in [1.165, 1.54) is 24.5 Å². The maximum absolute atomic E-state index is 14.1. The Hall–Kier alpha value is -3.94. The summed E-state index contributed by atoms with van der Waals surface area (Å²) in [6.45, 7) is 0. The third kappa shape index (κ3) is 5.02. The Kier molecular flexibility index (Phi) is 5.58. The van der Waals surface area contributed by atoms with Crippen LogP contribution in [0.15, 0.2) is 73.1 Å². The van der Waals surface area contributed by atoms with Gasteiger partial charge in [-0.2, -0.15) is 0 Å². The third-order valence-electron chi connectivity index (χ3n) is 3.39. The molecular weight excluding hydrogens is 351 g/mol. The predicted octanol–water partition coefficient (Wildman–Crippen LogP) is 3.48. The Bertz CT molecular complexity index is 936. The number of carbonyl (C=O) groups excluding carboxylic acids is 2. The zero-order valence-electron chi connectivity index (χ0n) is 14.0. The molecule has 0 spiro atoms. The summed E-state index contributed by atoms with van der Waals surface area (Å²) >= 11 is 0. The first-order valence-electron chi connectivity index (χ1n) is 7.91. The summed E-state index contributed by atoms with van der Waals surface area (Å²) in [6.07, 6.45) is 3.05. The molecule has 1 aromatic heterocycles. The van der Waals surface area contributed by atoms with Crippen LogP contribution in [0.1, 0.15) is 10.4 Å². The Balaban J connectivity index is 1.55. The van der Waals surface area contributed by atoms with Gasteiger partial charge in [0.25, 0.3) is 5.91 Å². The molecule has 136 valence electrons. The normalized spacial score (nSPS) is 9.96. The highest BCUT2D eigenvalue weighted by Gasteiger charge is 2.10. The molecule has 0 unspecified atom stereocenters. The summed E-state index contributed by atoms with van der Waals surface area (Å²) in [5.74, 6) is -0.688. The van der Waals surface area contributed by atoms with Crippen LogP contribution in [0.2, 0.25) is 0 Å². The van der Waals surface area contributed by atoms with Gasteiger partial charge in [-0.15, -0.1) is 0 Å². The van der Waals surface area contributed by atoms with Crippen molar-refractivity contribution >= 4 is 17.6 Å². The summed E-state index contributed by atoms with van der Waals surface area (Å²) in [7, 11) is 0. The average Bonchev–Trinajstić information content (AvgIpc) is 2.70. The molecular formula is C19H15FN4O3. The number of aromatic nitrogens is 1. The van der Waals surface area contributed by atoms with Gasteiger partial charge in [-0.3, -0.25) is 15.2 Å². The average molecular weight is 366 g/mol. The smallest absolute Gasteiger partial charge is 0.337 e. The lowest BCUT2D eigenvalue weighted by atomic mass is 10.2. The highest BCUT2D eigenvalue weighted by Crippen LogP contribution is 2.26. The fourth-order valence-corrected chi connectivity index (χ4v) is 2.13. The molecule has 0 aliphatic heterocycles. The third-order valence-corrected chi connectivity index (χ3v) is 3.39. The van der Waals surface area contributed by atoms with Gasteiger partial charge in [-0.1, -0.05) is 18.2 Å². The van der Waals surface area contributed by atoms with Gasteiger partial charge in [0, 0.05) is 29.7 Å². The van der Waals surface area contributed by atoms with Gasteiger partial charge >= 0.3 is 6.03 Å². The standard InChI is InChI=1S/C19H15FN4O3/c20-16-12-14(6-7-17(16)27-15-8-10-21-11-9-15)22-19(26)24-23-18(25)13-4-2-1-3-5-13/h1-12H,(H,23,25)(H2,22,24,26). The van der Waals surface area contributed by atoms with Crippen molar-refractivity contribution < 1.29 is 18.7 Å². The summed E-state index contributed by atoms with van der Waals surface area (Å²) in [4.78, 5) is 27.5. The minimum Gasteiger partial charge on any atom is -0.454 e. The van der Waals surface area contributed by atoms with Crippen LogP contribution in [0, 0.1) is 5.82 Å². The van der Waals surface area contributed by atoms with E-state index in [-0.39, 0.29) is 11.4 Å². The lowest BCUT2D eigenvalue weighted by Gasteiger charge is -2.11. The largest absolute Gasteiger partial charge is 0.454 e. The first-order valence-corrected chi connectivity index (χ1v) is 7.91. The van der Waals surface area contributed by atoms with Crippen molar-refractivity contribution in [3.8, 4) is 11.5 Å². The van der Waals surface area contributed by atoms with Crippen molar-refractivity contribution in [2.45, 2.75) is 0 Å². The SMILES string of the molecule is O=C(NNC(=O)c1ccccc1)Nc1ccc(Oc2ccncc2)c(F)c1. The molecule has 2 aromatic carbocycles. The van der Waals surface area contributed by atoms with Crippen LogP contribution < -0.4 is 20.9 Å². The molecule has 3 rings (SSSR count). The molecule has 0 bridgehead atoms. The molecule has 3 amide bonds. The van der Waals surface area contributed by atoms with Crippen LogP contribution in [0.5, 0.6) is 11.5 Å². The monoisotopic (exact) mass is 366 g/mol. The number of nitrogens with zero attached hydrogens (tertiary/aromatic N) is 1. The molecule has 0 aliphatic rings. The number of carbonyl (C=O) groups is 2. The second kappa shape index (κ2) is 8.43. The molecule has 7 nitrogen and oxygen atoms in total. The van der Waals surface area contributed by atoms with Crippen LogP contribution >= 0.6 is 0 Å². The lowest BCUT2D eigenvalue weighted by Crippen LogP contribution is -2.43. The van der Waals surface area contributed by atoms with Gasteiger partial charge in [-0.25, -0.2) is 14.6 Å². The molecule has 0 aliphatic carbocycles. The van der Waals surface area contributed by atoms with Gasteiger partial charge in [0.2, 0.25) is 0 Å². The van der Waals surface area contributed by atoms with Gasteiger partial charge in [0.05, 0.1) is 0 Å². The number of anilines is 1. The lowest BCUT2D eigenvalue weighted by molar-refractivity contribution is 0.0938. The van der Waals surface area contributed by atoms with E-state index in [0.29, 0.717) is 11.3 Å². The molecule has 3 aromatic rings. The van der Waals surface area contributed by atoms with Crippen LogP contribution in [0.3, 0.4) is 0 Å². The van der Waals surface area contributed by atoms with Gasteiger partial charge in [0.15, 0.2) is 11.6 Å². The van der Waals surface area contributed by atoms with Crippen LogP contribution in [0.4, 0.5) is 14.9 Å². The summed E-state index contributed by atoms with van der Waals surface area (Å²) < 4.78 is 19.5. The van der Waals surface area contributed by atoms with E-state index >= 15 is 0 Å². The zero-order chi connectivity index (χ0) is 19.1.